The summed E-state index contributed by atoms with van der Waals surface area (Å²) in [6, 6.07) is 2.03. The summed E-state index contributed by atoms with van der Waals surface area (Å²) in [5.74, 6) is 1.67. The molecule has 2 aromatic heterocycles. The lowest BCUT2D eigenvalue weighted by Crippen LogP contribution is -2.22. The van der Waals surface area contributed by atoms with E-state index in [2.05, 4.69) is 20.7 Å². The van der Waals surface area contributed by atoms with Crippen LogP contribution in [0.25, 0.3) is 10.2 Å². The van der Waals surface area contributed by atoms with Gasteiger partial charge >= 0.3 is 0 Å². The maximum atomic E-state index is 5.36. The highest BCUT2D eigenvalue weighted by atomic mass is 32.1. The predicted octanol–water partition coefficient (Wildman–Crippen LogP) is 2.53. The van der Waals surface area contributed by atoms with E-state index in [1.807, 2.05) is 6.07 Å². The second-order valence-corrected chi connectivity index (χ2v) is 5.21. The maximum absolute atomic E-state index is 5.36. The zero-order valence-corrected chi connectivity index (χ0v) is 10.4. The Balaban J connectivity index is 1.69. The molecule has 0 atom stereocenters. The van der Waals surface area contributed by atoms with Crippen molar-refractivity contribution in [3.63, 3.8) is 0 Å². The zero-order valence-electron chi connectivity index (χ0n) is 9.56. The smallest absolute Gasteiger partial charge is 0.147 e. The second-order valence-electron chi connectivity index (χ2n) is 4.29. The molecule has 1 aliphatic heterocycles. The Morgan fingerprint density at radius 3 is 3.12 bits per heavy atom. The molecule has 5 heteroatoms. The summed E-state index contributed by atoms with van der Waals surface area (Å²) in [6.07, 6.45) is 3.92. The number of fused-ring (bicyclic) bond motifs is 1. The fourth-order valence-corrected chi connectivity index (χ4v) is 2.92. The first-order valence-corrected chi connectivity index (χ1v) is 6.81. The van der Waals surface area contributed by atoms with Gasteiger partial charge in [-0.3, -0.25) is 0 Å². The number of aromatic nitrogens is 2. The number of hydrogen-bond acceptors (Lipinski definition) is 5. The highest BCUT2D eigenvalue weighted by Crippen LogP contribution is 2.25. The number of hydrogen-bond donors (Lipinski definition) is 1. The molecule has 90 valence electrons. The van der Waals surface area contributed by atoms with E-state index in [-0.39, 0.29) is 0 Å². The van der Waals surface area contributed by atoms with E-state index in [9.17, 15) is 0 Å². The van der Waals surface area contributed by atoms with Crippen molar-refractivity contribution in [2.75, 3.05) is 25.1 Å². The molecule has 3 heterocycles. The lowest BCUT2D eigenvalue weighted by molar-refractivity contribution is 0.0699. The first-order valence-electron chi connectivity index (χ1n) is 5.93. The van der Waals surface area contributed by atoms with Crippen LogP contribution in [0.15, 0.2) is 17.8 Å². The third-order valence-corrected chi connectivity index (χ3v) is 4.05. The van der Waals surface area contributed by atoms with E-state index in [0.29, 0.717) is 5.92 Å². The molecule has 0 aromatic carbocycles. The van der Waals surface area contributed by atoms with Crippen molar-refractivity contribution in [1.82, 2.24) is 9.97 Å². The van der Waals surface area contributed by atoms with Crippen LogP contribution in [0.1, 0.15) is 12.8 Å². The zero-order chi connectivity index (χ0) is 11.5. The number of anilines is 1. The lowest BCUT2D eigenvalue weighted by atomic mass is 10.0. The Morgan fingerprint density at radius 2 is 2.24 bits per heavy atom. The van der Waals surface area contributed by atoms with E-state index in [4.69, 9.17) is 4.74 Å². The number of nitrogens with zero attached hydrogens (tertiary/aromatic N) is 2. The number of nitrogens with one attached hydrogen (secondary N) is 1. The van der Waals surface area contributed by atoms with Crippen molar-refractivity contribution in [3.05, 3.63) is 17.8 Å². The van der Waals surface area contributed by atoms with Gasteiger partial charge in [0.15, 0.2) is 0 Å². The van der Waals surface area contributed by atoms with Gasteiger partial charge in [-0.15, -0.1) is 11.3 Å². The van der Waals surface area contributed by atoms with Gasteiger partial charge in [-0.05, 0) is 30.2 Å². The Bertz CT molecular complexity index is 493. The van der Waals surface area contributed by atoms with Gasteiger partial charge in [0.25, 0.3) is 0 Å². The van der Waals surface area contributed by atoms with Crippen molar-refractivity contribution in [2.45, 2.75) is 12.8 Å². The van der Waals surface area contributed by atoms with Crippen molar-refractivity contribution < 1.29 is 4.74 Å². The molecule has 2 aromatic rings. The van der Waals surface area contributed by atoms with Crippen LogP contribution in [-0.2, 0) is 4.74 Å². The third kappa shape index (κ3) is 2.40. The van der Waals surface area contributed by atoms with Crippen LogP contribution >= 0.6 is 11.3 Å². The first-order chi connectivity index (χ1) is 8.43. The van der Waals surface area contributed by atoms with Crippen LogP contribution in [0.5, 0.6) is 0 Å². The van der Waals surface area contributed by atoms with Crippen LogP contribution < -0.4 is 5.32 Å². The predicted molar refractivity (Wildman–Crippen MR) is 69.4 cm³/mol. The average Bonchev–Trinajstić information content (AvgIpc) is 2.86. The SMILES string of the molecule is c1nc(NCC2CCOCC2)c2sccc2n1. The minimum Gasteiger partial charge on any atom is -0.381 e. The Labute approximate surface area is 104 Å². The van der Waals surface area contributed by atoms with Crippen LogP contribution in [0.3, 0.4) is 0 Å². The molecule has 1 aliphatic rings. The van der Waals surface area contributed by atoms with Gasteiger partial charge in [0.05, 0.1) is 10.2 Å². The van der Waals surface area contributed by atoms with Crippen molar-refractivity contribution in [2.24, 2.45) is 5.92 Å². The van der Waals surface area contributed by atoms with Crippen LogP contribution in [0.4, 0.5) is 5.82 Å². The molecule has 1 saturated heterocycles. The number of thiophene rings is 1. The molecular weight excluding hydrogens is 234 g/mol. The molecule has 0 saturated carbocycles. The summed E-state index contributed by atoms with van der Waals surface area (Å²) in [5, 5.41) is 5.50. The van der Waals surface area contributed by atoms with E-state index in [1.165, 1.54) is 0 Å². The fourth-order valence-electron chi connectivity index (χ4n) is 2.11. The monoisotopic (exact) mass is 249 g/mol. The average molecular weight is 249 g/mol. The normalized spacial score (nSPS) is 17.4. The van der Waals surface area contributed by atoms with Crippen molar-refractivity contribution in [3.8, 4) is 0 Å². The van der Waals surface area contributed by atoms with Gasteiger partial charge in [-0.2, -0.15) is 0 Å². The van der Waals surface area contributed by atoms with E-state index in [0.717, 1.165) is 48.6 Å². The molecular formula is C12H15N3OS. The minimum absolute atomic E-state index is 0.703. The summed E-state index contributed by atoms with van der Waals surface area (Å²) >= 11 is 1.69. The van der Waals surface area contributed by atoms with Gasteiger partial charge in [-0.25, -0.2) is 9.97 Å². The molecule has 1 N–H and O–H groups in total. The lowest BCUT2D eigenvalue weighted by Gasteiger charge is -2.22. The van der Waals surface area contributed by atoms with Gasteiger partial charge in [0.1, 0.15) is 12.1 Å². The van der Waals surface area contributed by atoms with Crippen molar-refractivity contribution in [1.29, 1.82) is 0 Å². The molecule has 0 unspecified atom stereocenters. The van der Waals surface area contributed by atoms with Crippen molar-refractivity contribution >= 4 is 27.4 Å². The molecule has 1 fully saturated rings. The van der Waals surface area contributed by atoms with Gasteiger partial charge in [0.2, 0.25) is 0 Å². The second kappa shape index (κ2) is 4.98. The Kier molecular flexibility index (Phi) is 3.20. The largest absolute Gasteiger partial charge is 0.381 e. The highest BCUT2D eigenvalue weighted by Gasteiger charge is 2.14. The topological polar surface area (TPSA) is 47.0 Å². The molecule has 3 rings (SSSR count). The summed E-state index contributed by atoms with van der Waals surface area (Å²) < 4.78 is 6.51. The maximum Gasteiger partial charge on any atom is 0.147 e. The van der Waals surface area contributed by atoms with Gasteiger partial charge in [0, 0.05) is 19.8 Å². The third-order valence-electron chi connectivity index (χ3n) is 3.14. The Hall–Kier alpha value is -1.20. The minimum atomic E-state index is 0.703. The summed E-state index contributed by atoms with van der Waals surface area (Å²) in [6.45, 7) is 2.77. The van der Waals surface area contributed by atoms with Crippen LogP contribution in [-0.4, -0.2) is 29.7 Å². The molecule has 0 bridgehead atoms. The quantitative estimate of drug-likeness (QED) is 0.908. The molecule has 0 amide bonds. The van der Waals surface area contributed by atoms with E-state index < -0.39 is 0 Å². The highest BCUT2D eigenvalue weighted by molar-refractivity contribution is 7.17. The molecule has 0 aliphatic carbocycles. The Morgan fingerprint density at radius 1 is 1.35 bits per heavy atom. The fraction of sp³-hybridized carbons (Fsp3) is 0.500. The molecule has 0 radical (unpaired) electrons. The van der Waals surface area contributed by atoms with Crippen LogP contribution in [0.2, 0.25) is 0 Å². The van der Waals surface area contributed by atoms with Gasteiger partial charge in [-0.1, -0.05) is 0 Å². The first kappa shape index (κ1) is 10.9. The number of rotatable bonds is 3. The summed E-state index contributed by atoms with van der Waals surface area (Å²) in [7, 11) is 0. The molecule has 4 nitrogen and oxygen atoms in total. The molecule has 0 spiro atoms. The summed E-state index contributed by atoms with van der Waals surface area (Å²) in [5.41, 5.74) is 1.03. The molecule has 17 heavy (non-hydrogen) atoms. The summed E-state index contributed by atoms with van der Waals surface area (Å²) in [4.78, 5) is 8.56. The standard InChI is InChI=1S/C12H15N3OS/c1-4-16-5-2-9(1)7-13-12-11-10(3-6-17-11)14-8-15-12/h3,6,8-9H,1-2,4-5,7H2,(H,13,14,15). The number of ether oxygens (including phenoxy) is 1. The van der Waals surface area contributed by atoms with Gasteiger partial charge < -0.3 is 10.1 Å². The van der Waals surface area contributed by atoms with E-state index in [1.54, 1.807) is 17.7 Å². The van der Waals surface area contributed by atoms with E-state index >= 15 is 0 Å². The van der Waals surface area contributed by atoms with Crippen LogP contribution in [0, 0.1) is 5.92 Å².